The number of ether oxygens (including phenoxy) is 1. The highest BCUT2D eigenvalue weighted by Crippen LogP contribution is 2.35. The number of amidine groups is 1. The van der Waals surface area contributed by atoms with Crippen LogP contribution in [0.2, 0.25) is 0 Å². The van der Waals surface area contributed by atoms with Crippen molar-refractivity contribution in [3.05, 3.63) is 57.9 Å². The number of pyridine rings is 1. The van der Waals surface area contributed by atoms with Gasteiger partial charge in [-0.15, -0.1) is 0 Å². The topological polar surface area (TPSA) is 104 Å². The highest BCUT2D eigenvalue weighted by Gasteiger charge is 2.30. The van der Waals surface area contributed by atoms with E-state index < -0.39 is 11.4 Å². The Bertz CT molecular complexity index is 1040. The molecule has 0 radical (unpaired) electrons. The van der Waals surface area contributed by atoms with Crippen LogP contribution in [0.25, 0.3) is 0 Å². The van der Waals surface area contributed by atoms with E-state index in [1.807, 2.05) is 39.8 Å². The summed E-state index contributed by atoms with van der Waals surface area (Å²) in [7, 11) is 1.43. The fourth-order valence-corrected chi connectivity index (χ4v) is 3.62. The van der Waals surface area contributed by atoms with E-state index in [1.165, 1.54) is 13.2 Å². The first-order valence-corrected chi connectivity index (χ1v) is 9.88. The summed E-state index contributed by atoms with van der Waals surface area (Å²) in [6, 6.07) is 6.95. The van der Waals surface area contributed by atoms with Gasteiger partial charge in [0, 0.05) is 28.9 Å². The van der Waals surface area contributed by atoms with Crippen LogP contribution < -0.4 is 4.74 Å². The Balaban J connectivity index is 1.93. The number of nitrogens with one attached hydrogen (secondary N) is 1. The van der Waals surface area contributed by atoms with Crippen LogP contribution in [0.3, 0.4) is 0 Å². The van der Waals surface area contributed by atoms with Gasteiger partial charge < -0.3 is 14.7 Å². The minimum Gasteiger partial charge on any atom is -0.496 e. The van der Waals surface area contributed by atoms with E-state index in [0.29, 0.717) is 23.4 Å². The molecule has 0 atom stereocenters. The fourth-order valence-electron chi connectivity index (χ4n) is 3.62. The fraction of sp³-hybridized carbons (Fsp3) is 0.391. The first-order chi connectivity index (χ1) is 14.1. The predicted octanol–water partition coefficient (Wildman–Crippen LogP) is 3.67. The number of Topliss-reactive ketones (excluding diaryl/α,β-unsaturated/α-hetero) is 1. The van der Waals surface area contributed by atoms with Crippen molar-refractivity contribution in [1.29, 1.82) is 5.41 Å². The lowest BCUT2D eigenvalue weighted by atomic mass is 9.83. The molecule has 0 aliphatic carbocycles. The maximum Gasteiger partial charge on any atom is 0.339 e. The Labute approximate surface area is 176 Å². The van der Waals surface area contributed by atoms with Crippen LogP contribution in [0.4, 0.5) is 0 Å². The van der Waals surface area contributed by atoms with Crippen molar-refractivity contribution in [2.45, 2.75) is 46.1 Å². The van der Waals surface area contributed by atoms with Crippen molar-refractivity contribution in [1.82, 2.24) is 9.88 Å². The summed E-state index contributed by atoms with van der Waals surface area (Å²) in [5.74, 6) is -0.913. The van der Waals surface area contributed by atoms with Crippen LogP contribution >= 0.6 is 0 Å². The van der Waals surface area contributed by atoms with Gasteiger partial charge in [-0.2, -0.15) is 0 Å². The summed E-state index contributed by atoms with van der Waals surface area (Å²) in [5, 5.41) is 18.1. The number of carbonyl (C=O) groups excluding carboxylic acids is 1. The van der Waals surface area contributed by atoms with Gasteiger partial charge in [0.05, 0.1) is 13.7 Å². The number of aryl methyl sites for hydroxylation is 1. The zero-order valence-electron chi connectivity index (χ0n) is 18.0. The number of hydrogen-bond acceptors (Lipinski definition) is 5. The van der Waals surface area contributed by atoms with Gasteiger partial charge in [0.25, 0.3) is 0 Å². The molecule has 0 unspecified atom stereocenters. The van der Waals surface area contributed by atoms with E-state index >= 15 is 0 Å². The maximum absolute atomic E-state index is 13.1. The van der Waals surface area contributed by atoms with E-state index in [1.54, 1.807) is 11.0 Å². The Morgan fingerprint density at radius 1 is 1.27 bits per heavy atom. The van der Waals surface area contributed by atoms with E-state index in [0.717, 1.165) is 17.7 Å². The van der Waals surface area contributed by atoms with Gasteiger partial charge in [0.1, 0.15) is 22.8 Å². The molecule has 0 amide bonds. The molecular weight excluding hydrogens is 382 g/mol. The lowest BCUT2D eigenvalue weighted by Gasteiger charge is -2.24. The zero-order valence-corrected chi connectivity index (χ0v) is 18.0. The average Bonchev–Trinajstić information content (AvgIpc) is 3.00. The molecule has 2 N–H and O–H groups in total. The minimum absolute atomic E-state index is 0.0222. The predicted molar refractivity (Wildman–Crippen MR) is 114 cm³/mol. The molecule has 7 heteroatoms. The quantitative estimate of drug-likeness (QED) is 0.706. The summed E-state index contributed by atoms with van der Waals surface area (Å²) in [5.41, 5.74) is 2.93. The molecule has 30 heavy (non-hydrogen) atoms. The molecule has 0 bridgehead atoms. The average molecular weight is 409 g/mol. The molecule has 1 aliphatic rings. The monoisotopic (exact) mass is 409 g/mol. The Morgan fingerprint density at radius 3 is 2.53 bits per heavy atom. The molecule has 1 aromatic heterocycles. The van der Waals surface area contributed by atoms with Gasteiger partial charge in [-0.1, -0.05) is 33.8 Å². The van der Waals surface area contributed by atoms with Crippen LogP contribution in [-0.4, -0.2) is 46.2 Å². The summed E-state index contributed by atoms with van der Waals surface area (Å²) >= 11 is 0. The third kappa shape index (κ3) is 3.92. The van der Waals surface area contributed by atoms with Crippen LogP contribution in [-0.2, 0) is 18.4 Å². The highest BCUT2D eigenvalue weighted by atomic mass is 16.5. The maximum atomic E-state index is 13.1. The minimum atomic E-state index is -1.15. The Hall–Kier alpha value is -3.22. The van der Waals surface area contributed by atoms with Crippen molar-refractivity contribution >= 4 is 17.6 Å². The number of hydrogen-bond donors (Lipinski definition) is 2. The van der Waals surface area contributed by atoms with Crippen molar-refractivity contribution in [3.63, 3.8) is 0 Å². The molecule has 158 valence electrons. The van der Waals surface area contributed by atoms with Gasteiger partial charge in [-0.3, -0.25) is 10.2 Å². The lowest BCUT2D eigenvalue weighted by Crippen LogP contribution is -2.31. The lowest BCUT2D eigenvalue weighted by molar-refractivity contribution is 0.0693. The van der Waals surface area contributed by atoms with Gasteiger partial charge in [-0.25, -0.2) is 9.78 Å². The molecule has 0 saturated carbocycles. The second-order valence-corrected chi connectivity index (χ2v) is 8.45. The van der Waals surface area contributed by atoms with Gasteiger partial charge in [-0.05, 0) is 30.0 Å². The first-order valence-electron chi connectivity index (χ1n) is 9.88. The largest absolute Gasteiger partial charge is 0.496 e. The number of aromatic carboxylic acids is 1. The summed E-state index contributed by atoms with van der Waals surface area (Å²) in [4.78, 5) is 31.1. The molecular formula is C23H27N3O4. The Morgan fingerprint density at radius 2 is 1.97 bits per heavy atom. The van der Waals surface area contributed by atoms with Crippen molar-refractivity contribution in [2.75, 3.05) is 13.7 Å². The van der Waals surface area contributed by atoms with Crippen LogP contribution in [0, 0.1) is 5.41 Å². The van der Waals surface area contributed by atoms with Gasteiger partial charge in [0.2, 0.25) is 0 Å². The van der Waals surface area contributed by atoms with E-state index in [-0.39, 0.29) is 29.5 Å². The summed E-state index contributed by atoms with van der Waals surface area (Å²) in [6.07, 6.45) is 0.777. The number of rotatable bonds is 6. The van der Waals surface area contributed by atoms with Crippen molar-refractivity contribution < 1.29 is 19.4 Å². The normalized spacial score (nSPS) is 13.4. The van der Waals surface area contributed by atoms with Gasteiger partial charge in [0.15, 0.2) is 5.78 Å². The summed E-state index contributed by atoms with van der Waals surface area (Å²) < 4.78 is 5.37. The van der Waals surface area contributed by atoms with Crippen LogP contribution in [0.15, 0.2) is 24.3 Å². The molecule has 1 aliphatic heterocycles. The number of ketones is 1. The third-order valence-corrected chi connectivity index (χ3v) is 5.29. The third-order valence-electron chi connectivity index (χ3n) is 5.29. The molecule has 2 heterocycles. The number of aromatic nitrogens is 1. The number of fused-ring (bicyclic) bond motifs is 1. The number of carbonyl (C=O) groups is 2. The molecule has 2 aromatic rings. The van der Waals surface area contributed by atoms with Gasteiger partial charge >= 0.3 is 5.97 Å². The number of carboxylic acids is 1. The SMILES string of the molecule is CCc1ccc2c(n1)C(=N)N(CC(=O)c1cc(C(=O)O)c(OC)c(C(C)(C)C)c1)C2. The molecule has 0 spiro atoms. The smallest absolute Gasteiger partial charge is 0.339 e. The van der Waals surface area contributed by atoms with E-state index in [2.05, 4.69) is 4.98 Å². The first kappa shape index (κ1) is 21.5. The highest BCUT2D eigenvalue weighted by molar-refractivity contribution is 6.05. The van der Waals surface area contributed by atoms with E-state index in [9.17, 15) is 14.7 Å². The van der Waals surface area contributed by atoms with Crippen LogP contribution in [0.1, 0.15) is 70.9 Å². The molecule has 3 rings (SSSR count). The van der Waals surface area contributed by atoms with E-state index in [4.69, 9.17) is 10.1 Å². The standard InChI is InChI=1S/C23H27N3O4/c1-6-15-8-7-13-11-26(21(24)19(13)25-15)12-18(27)14-9-16(22(28)29)20(30-5)17(10-14)23(2,3)4/h7-10,24H,6,11-12H2,1-5H3,(H,28,29). The van der Waals surface area contributed by atoms with Crippen LogP contribution in [0.5, 0.6) is 5.75 Å². The molecule has 0 saturated heterocycles. The second kappa shape index (κ2) is 7.89. The second-order valence-electron chi connectivity index (χ2n) is 8.45. The molecule has 1 aromatic carbocycles. The number of nitrogens with zero attached hydrogens (tertiary/aromatic N) is 2. The number of carboxylic acid groups (broad SMARTS) is 1. The molecule has 0 fully saturated rings. The zero-order chi connectivity index (χ0) is 22.2. The van der Waals surface area contributed by atoms with Crippen molar-refractivity contribution in [3.8, 4) is 5.75 Å². The number of benzene rings is 1. The number of methoxy groups -OCH3 is 1. The van der Waals surface area contributed by atoms with Crippen molar-refractivity contribution in [2.24, 2.45) is 0 Å². The Kier molecular flexibility index (Phi) is 5.65. The molecule has 7 nitrogen and oxygen atoms in total. The summed E-state index contributed by atoms with van der Waals surface area (Å²) in [6.45, 7) is 8.24.